The number of hydrogen-bond acceptors (Lipinski definition) is 8. The van der Waals surface area contributed by atoms with E-state index in [1.54, 1.807) is 24.9 Å². The number of hydrogen-bond donors (Lipinski definition) is 1. The summed E-state index contributed by atoms with van der Waals surface area (Å²) in [6.07, 6.45) is 8.32. The topological polar surface area (TPSA) is 93.4 Å². The van der Waals surface area contributed by atoms with Crippen LogP contribution in [0.15, 0.2) is 60.2 Å². The fraction of sp³-hybridized carbons (Fsp3) is 0.261. The summed E-state index contributed by atoms with van der Waals surface area (Å²) >= 11 is 0. The van der Waals surface area contributed by atoms with E-state index in [-0.39, 0.29) is 6.10 Å². The van der Waals surface area contributed by atoms with Gasteiger partial charge in [-0.3, -0.25) is 15.0 Å². The zero-order valence-electron chi connectivity index (χ0n) is 17.6. The van der Waals surface area contributed by atoms with E-state index < -0.39 is 0 Å². The lowest BCUT2D eigenvalue weighted by molar-refractivity contribution is 0.0986. The van der Waals surface area contributed by atoms with Gasteiger partial charge >= 0.3 is 0 Å². The molecule has 9 nitrogen and oxygen atoms in total. The minimum absolute atomic E-state index is 0.248. The lowest BCUT2D eigenvalue weighted by atomic mass is 10.2. The van der Waals surface area contributed by atoms with Gasteiger partial charge in [-0.15, -0.1) is 0 Å². The molecule has 0 spiro atoms. The third-order valence-corrected chi connectivity index (χ3v) is 5.89. The van der Waals surface area contributed by atoms with Crippen LogP contribution in [0, 0.1) is 6.92 Å². The molecule has 2 aliphatic heterocycles. The van der Waals surface area contributed by atoms with Gasteiger partial charge in [0, 0.05) is 12.7 Å². The van der Waals surface area contributed by atoms with Gasteiger partial charge in [0.2, 0.25) is 5.95 Å². The molecule has 3 aromatic heterocycles. The van der Waals surface area contributed by atoms with Crippen LogP contribution in [0.4, 0.5) is 11.8 Å². The van der Waals surface area contributed by atoms with E-state index in [4.69, 9.17) is 14.7 Å². The molecule has 5 heterocycles. The highest BCUT2D eigenvalue weighted by atomic mass is 16.5. The van der Waals surface area contributed by atoms with Crippen molar-refractivity contribution in [3.8, 4) is 5.69 Å². The molecule has 0 radical (unpaired) electrons. The fourth-order valence-electron chi connectivity index (χ4n) is 4.34. The first-order valence-electron chi connectivity index (χ1n) is 10.6. The first-order valence-corrected chi connectivity index (χ1v) is 10.6. The number of aromatic nitrogens is 5. The molecule has 6 rings (SSSR count). The van der Waals surface area contributed by atoms with Crippen LogP contribution in [0.1, 0.15) is 17.5 Å². The predicted octanol–water partition coefficient (Wildman–Crippen LogP) is 2.94. The number of fused-ring (bicyclic) bond motifs is 3. The molecule has 0 amide bonds. The Bertz CT molecular complexity index is 1300. The third-order valence-electron chi connectivity index (χ3n) is 5.89. The van der Waals surface area contributed by atoms with Gasteiger partial charge in [0.05, 0.1) is 36.9 Å². The van der Waals surface area contributed by atoms with Crippen molar-refractivity contribution in [3.63, 3.8) is 0 Å². The van der Waals surface area contributed by atoms with Crippen LogP contribution in [-0.2, 0) is 4.74 Å². The van der Waals surface area contributed by atoms with Crippen LogP contribution < -0.4 is 10.3 Å². The Morgan fingerprint density at radius 2 is 2.19 bits per heavy atom. The van der Waals surface area contributed by atoms with Crippen LogP contribution in [0.25, 0.3) is 16.9 Å². The van der Waals surface area contributed by atoms with E-state index >= 15 is 0 Å². The molecule has 0 unspecified atom stereocenters. The van der Waals surface area contributed by atoms with Gasteiger partial charge in [-0.05, 0) is 31.0 Å². The number of rotatable bonds is 5. The van der Waals surface area contributed by atoms with E-state index in [2.05, 4.69) is 44.5 Å². The van der Waals surface area contributed by atoms with Gasteiger partial charge in [0.15, 0.2) is 17.0 Å². The highest BCUT2D eigenvalue weighted by Gasteiger charge is 2.40. The molecule has 1 aromatic carbocycles. The number of benzene rings is 1. The van der Waals surface area contributed by atoms with E-state index in [0.717, 1.165) is 24.2 Å². The van der Waals surface area contributed by atoms with Gasteiger partial charge in [0.25, 0.3) is 0 Å². The van der Waals surface area contributed by atoms with Crippen molar-refractivity contribution in [2.45, 2.75) is 25.5 Å². The maximum atomic E-state index is 5.76. The highest BCUT2D eigenvalue weighted by molar-refractivity contribution is 5.87. The van der Waals surface area contributed by atoms with Gasteiger partial charge in [-0.25, -0.2) is 4.98 Å². The molecule has 32 heavy (non-hydrogen) atoms. The fourth-order valence-corrected chi connectivity index (χ4v) is 4.34. The third kappa shape index (κ3) is 3.36. The molecule has 1 N–H and O–H groups in total. The second-order valence-electron chi connectivity index (χ2n) is 8.15. The van der Waals surface area contributed by atoms with Gasteiger partial charge in [-0.2, -0.15) is 15.1 Å². The van der Waals surface area contributed by atoms with Gasteiger partial charge in [0.1, 0.15) is 6.33 Å². The summed E-state index contributed by atoms with van der Waals surface area (Å²) in [7, 11) is 0. The van der Waals surface area contributed by atoms with Crippen LogP contribution in [0.5, 0.6) is 0 Å². The van der Waals surface area contributed by atoms with Crippen molar-refractivity contribution in [1.29, 1.82) is 0 Å². The number of morpholine rings is 1. The van der Waals surface area contributed by atoms with Crippen molar-refractivity contribution in [2.75, 3.05) is 23.5 Å². The number of nitrogens with one attached hydrogen (secondary N) is 1. The second-order valence-corrected chi connectivity index (χ2v) is 8.15. The molecule has 2 bridgehead atoms. The molecule has 2 atom stereocenters. The van der Waals surface area contributed by atoms with Gasteiger partial charge in [-0.1, -0.05) is 29.8 Å². The second kappa shape index (κ2) is 7.69. The van der Waals surface area contributed by atoms with E-state index in [0.29, 0.717) is 35.6 Å². The van der Waals surface area contributed by atoms with Crippen molar-refractivity contribution in [3.05, 3.63) is 66.2 Å². The monoisotopic (exact) mass is 426 g/mol. The van der Waals surface area contributed by atoms with Crippen molar-refractivity contribution >= 4 is 29.1 Å². The molecule has 160 valence electrons. The normalized spacial score (nSPS) is 20.0. The first-order chi connectivity index (χ1) is 15.7. The molecule has 9 heteroatoms. The quantitative estimate of drug-likeness (QED) is 0.387. The lowest BCUT2D eigenvalue weighted by Crippen LogP contribution is -2.38. The molecule has 0 aliphatic carbocycles. The predicted molar refractivity (Wildman–Crippen MR) is 122 cm³/mol. The highest BCUT2D eigenvalue weighted by Crippen LogP contribution is 2.33. The number of hydrazone groups is 1. The van der Waals surface area contributed by atoms with Crippen molar-refractivity contribution in [1.82, 2.24) is 24.5 Å². The van der Waals surface area contributed by atoms with E-state index in [1.165, 1.54) is 5.56 Å². The Labute approximate surface area is 184 Å². The molecule has 2 aliphatic rings. The Morgan fingerprint density at radius 3 is 2.97 bits per heavy atom. The Morgan fingerprint density at radius 1 is 1.22 bits per heavy atom. The average molecular weight is 426 g/mol. The first kappa shape index (κ1) is 18.9. The smallest absolute Gasteiger partial charge is 0.229 e. The van der Waals surface area contributed by atoms with E-state index in [1.807, 2.05) is 28.8 Å². The summed E-state index contributed by atoms with van der Waals surface area (Å²) in [6.45, 7) is 3.56. The zero-order chi connectivity index (χ0) is 21.5. The average Bonchev–Trinajstić information content (AvgIpc) is 3.55. The molecule has 0 saturated carbocycles. The molecular weight excluding hydrogens is 404 g/mol. The standard InChI is InChI=1S/C23H22N8O/c1-15-4-2-5-16(8-15)10-26-29-21-20-22(31(14-25-20)17-6-3-7-24-11-17)28-23(27-21)30-12-19-9-18(30)13-32-19/h2-8,10-11,14,18-19H,9,12-13H2,1H3,(H,27,28,29)/t18-,19-/m1/s1. The van der Waals surface area contributed by atoms with Crippen LogP contribution in [-0.4, -0.2) is 56.0 Å². The molecule has 2 saturated heterocycles. The minimum Gasteiger partial charge on any atom is -0.374 e. The SMILES string of the molecule is Cc1cccc(C=NNc2nc(N3C[C@H]4C[C@@H]3CO4)nc3c2ncn3-c2cccnc2)c1. The maximum absolute atomic E-state index is 5.76. The summed E-state index contributed by atoms with van der Waals surface area (Å²) in [4.78, 5) is 20.7. The largest absolute Gasteiger partial charge is 0.374 e. The summed E-state index contributed by atoms with van der Waals surface area (Å²) in [5, 5.41) is 4.43. The minimum atomic E-state index is 0.248. The Kier molecular flexibility index (Phi) is 4.53. The number of ether oxygens (including phenoxy) is 1. The van der Waals surface area contributed by atoms with Crippen molar-refractivity contribution < 1.29 is 4.74 Å². The van der Waals surface area contributed by atoms with Gasteiger partial charge < -0.3 is 9.64 Å². The van der Waals surface area contributed by atoms with Crippen LogP contribution in [0.3, 0.4) is 0 Å². The number of imidazole rings is 1. The molecule has 4 aromatic rings. The van der Waals surface area contributed by atoms with Crippen LogP contribution in [0.2, 0.25) is 0 Å². The molecular formula is C23H22N8O. The van der Waals surface area contributed by atoms with Crippen molar-refractivity contribution in [2.24, 2.45) is 5.10 Å². The summed E-state index contributed by atoms with van der Waals surface area (Å²) in [6, 6.07) is 12.3. The Hall–Kier alpha value is -3.85. The zero-order valence-corrected chi connectivity index (χ0v) is 17.6. The lowest BCUT2D eigenvalue weighted by Gasteiger charge is -2.27. The summed E-state index contributed by atoms with van der Waals surface area (Å²) < 4.78 is 7.69. The number of aryl methyl sites for hydroxylation is 1. The van der Waals surface area contributed by atoms with E-state index in [9.17, 15) is 0 Å². The maximum Gasteiger partial charge on any atom is 0.229 e. The van der Waals surface area contributed by atoms with Crippen LogP contribution >= 0.6 is 0 Å². The summed E-state index contributed by atoms with van der Waals surface area (Å²) in [5.41, 5.74) is 7.54. The summed E-state index contributed by atoms with van der Waals surface area (Å²) in [5.74, 6) is 1.23. The molecule has 2 fully saturated rings. The number of pyridine rings is 1. The number of nitrogens with zero attached hydrogens (tertiary/aromatic N) is 7. The Balaban J connectivity index is 1.41. The number of anilines is 2.